The van der Waals surface area contributed by atoms with E-state index in [0.29, 0.717) is 6.42 Å². The summed E-state index contributed by atoms with van der Waals surface area (Å²) in [5.74, 6) is -3.07. The molecule has 0 radical (unpaired) electrons. The number of hydrogen-bond acceptors (Lipinski definition) is 4. The van der Waals surface area contributed by atoms with Crippen LogP contribution in [0.1, 0.15) is 47.5 Å². The summed E-state index contributed by atoms with van der Waals surface area (Å²) in [5.41, 5.74) is 0.347. The van der Waals surface area contributed by atoms with E-state index in [9.17, 15) is 19.5 Å². The largest absolute Gasteiger partial charge is 0.479 e. The molecule has 180 valence electrons. The Morgan fingerprint density at radius 1 is 1.06 bits per heavy atom. The molecule has 1 aliphatic rings. The lowest BCUT2D eigenvalue weighted by Gasteiger charge is -2.33. The van der Waals surface area contributed by atoms with Crippen molar-refractivity contribution in [2.75, 3.05) is 7.05 Å². The van der Waals surface area contributed by atoms with Crippen molar-refractivity contribution in [2.24, 2.45) is 11.3 Å². The molecule has 0 fully saturated rings. The van der Waals surface area contributed by atoms with Crippen molar-refractivity contribution >= 4 is 29.9 Å². The molecule has 1 aliphatic carbocycles. The van der Waals surface area contributed by atoms with Crippen molar-refractivity contribution in [3.63, 3.8) is 0 Å². The van der Waals surface area contributed by atoms with Crippen molar-refractivity contribution in [1.82, 2.24) is 10.6 Å². The third-order valence-electron chi connectivity index (χ3n) is 5.59. The molecule has 0 aromatic heterocycles. The molecule has 0 heterocycles. The summed E-state index contributed by atoms with van der Waals surface area (Å²) in [6.45, 7) is 9.00. The lowest BCUT2D eigenvalue weighted by Crippen LogP contribution is -2.56. The highest BCUT2D eigenvalue weighted by molar-refractivity contribution is 5.91. The van der Waals surface area contributed by atoms with Crippen molar-refractivity contribution < 1.29 is 24.2 Å². The number of carboxylic acid groups (broad SMARTS) is 1. The Labute approximate surface area is 195 Å². The van der Waals surface area contributed by atoms with Gasteiger partial charge in [-0.25, -0.2) is 4.79 Å². The molecule has 0 spiro atoms. The fourth-order valence-corrected chi connectivity index (χ4v) is 3.82. The molecule has 1 aromatic carbocycles. The molecule has 7 nitrogen and oxygen atoms in total. The Kier molecular flexibility index (Phi) is 8.99. The van der Waals surface area contributed by atoms with Crippen LogP contribution in [0.25, 0.3) is 12.2 Å². The van der Waals surface area contributed by atoms with Crippen LogP contribution < -0.4 is 21.1 Å². The first-order valence-corrected chi connectivity index (χ1v) is 11.3. The van der Waals surface area contributed by atoms with Gasteiger partial charge in [-0.2, -0.15) is 0 Å². The van der Waals surface area contributed by atoms with Gasteiger partial charge >= 0.3 is 5.97 Å². The lowest BCUT2D eigenvalue weighted by molar-refractivity contribution is -0.162. The maximum atomic E-state index is 13.4. The topological polar surface area (TPSA) is 105 Å². The minimum atomic E-state index is -1.35. The molecule has 3 atom stereocenters. The molecule has 3 unspecified atom stereocenters. The average Bonchev–Trinajstić information content (AvgIpc) is 2.95. The summed E-state index contributed by atoms with van der Waals surface area (Å²) in [5, 5.41) is 17.4. The SMILES string of the molecule is CNC(=O)C(NC(=O)C(CC1=CC=c2ccccc2=CC1)C(OC(C)C)C(=O)O)C(C)(C)C. The molecule has 0 saturated carbocycles. The number of ether oxygens (including phenoxy) is 1. The molecule has 33 heavy (non-hydrogen) atoms. The number of likely N-dealkylation sites (N-methyl/N-ethyl adjacent to an activating group) is 1. The van der Waals surface area contributed by atoms with Gasteiger partial charge < -0.3 is 20.5 Å². The highest BCUT2D eigenvalue weighted by atomic mass is 16.5. The highest BCUT2D eigenvalue weighted by Gasteiger charge is 2.39. The Morgan fingerprint density at radius 3 is 2.24 bits per heavy atom. The maximum Gasteiger partial charge on any atom is 0.333 e. The van der Waals surface area contributed by atoms with E-state index in [1.807, 2.05) is 57.2 Å². The van der Waals surface area contributed by atoms with Crippen LogP contribution in [0.5, 0.6) is 0 Å². The van der Waals surface area contributed by atoms with Gasteiger partial charge in [0.2, 0.25) is 11.8 Å². The summed E-state index contributed by atoms with van der Waals surface area (Å²) in [7, 11) is 1.51. The maximum absolute atomic E-state index is 13.4. The van der Waals surface area contributed by atoms with E-state index < -0.39 is 35.4 Å². The number of aliphatic carboxylic acids is 1. The predicted molar refractivity (Wildman–Crippen MR) is 129 cm³/mol. The van der Waals surface area contributed by atoms with E-state index in [-0.39, 0.29) is 18.4 Å². The minimum Gasteiger partial charge on any atom is -0.479 e. The van der Waals surface area contributed by atoms with Crippen molar-refractivity contribution in [2.45, 2.75) is 65.7 Å². The monoisotopic (exact) mass is 456 g/mol. The zero-order chi connectivity index (χ0) is 24.8. The molecule has 2 amide bonds. The molecule has 0 saturated heterocycles. The standard InChI is InChI=1S/C26H36N2O5/c1-16(2)33-21(25(31)32)20(23(29)28-22(24(30)27-6)26(3,4)5)15-17-11-13-18-9-7-8-10-19(18)14-12-17/h7-11,13-14,16,20-22H,12,15H2,1-6H3,(H,27,30)(H,28,29)(H,31,32). The summed E-state index contributed by atoms with van der Waals surface area (Å²) < 4.78 is 5.68. The number of rotatable bonds is 9. The smallest absolute Gasteiger partial charge is 0.333 e. The fraction of sp³-hybridized carbons (Fsp3) is 0.500. The van der Waals surface area contributed by atoms with Crippen LogP contribution in [0.3, 0.4) is 0 Å². The first-order chi connectivity index (χ1) is 15.4. The second-order valence-electron chi connectivity index (χ2n) is 9.70. The minimum absolute atomic E-state index is 0.196. The predicted octanol–water partition coefficient (Wildman–Crippen LogP) is 1.74. The van der Waals surface area contributed by atoms with E-state index in [1.54, 1.807) is 13.8 Å². The van der Waals surface area contributed by atoms with Gasteiger partial charge in [0.25, 0.3) is 0 Å². The summed E-state index contributed by atoms with van der Waals surface area (Å²) in [6.07, 6.45) is 5.04. The van der Waals surface area contributed by atoms with Gasteiger partial charge in [-0.15, -0.1) is 0 Å². The first-order valence-electron chi connectivity index (χ1n) is 11.3. The van der Waals surface area contributed by atoms with E-state index in [1.165, 1.54) is 7.05 Å². The van der Waals surface area contributed by atoms with E-state index in [4.69, 9.17) is 4.74 Å². The van der Waals surface area contributed by atoms with Gasteiger partial charge in [0.15, 0.2) is 6.10 Å². The number of hydrogen-bond donors (Lipinski definition) is 3. The Morgan fingerprint density at radius 2 is 1.70 bits per heavy atom. The number of carbonyl (C=O) groups excluding carboxylic acids is 2. The molecule has 7 heteroatoms. The van der Waals surface area contributed by atoms with Gasteiger partial charge in [0.1, 0.15) is 6.04 Å². The Bertz CT molecular complexity index is 1020. The van der Waals surface area contributed by atoms with Gasteiger partial charge in [0, 0.05) is 7.05 Å². The molecule has 0 aliphatic heterocycles. The Hall–Kier alpha value is -2.93. The molecule has 0 bridgehead atoms. The number of benzene rings is 1. The number of allylic oxidation sites excluding steroid dienone is 2. The third-order valence-corrected chi connectivity index (χ3v) is 5.59. The number of nitrogens with one attached hydrogen (secondary N) is 2. The van der Waals surface area contributed by atoms with E-state index >= 15 is 0 Å². The van der Waals surface area contributed by atoms with Crippen molar-refractivity contribution in [3.05, 3.63) is 46.4 Å². The quantitative estimate of drug-likeness (QED) is 0.525. The van der Waals surface area contributed by atoms with Crippen LogP contribution in [-0.4, -0.2) is 48.2 Å². The fourth-order valence-electron chi connectivity index (χ4n) is 3.82. The van der Waals surface area contributed by atoms with Crippen molar-refractivity contribution in [1.29, 1.82) is 0 Å². The van der Waals surface area contributed by atoms with Gasteiger partial charge in [-0.1, -0.05) is 68.8 Å². The van der Waals surface area contributed by atoms with Crippen molar-refractivity contribution in [3.8, 4) is 0 Å². The third kappa shape index (κ3) is 7.29. The average molecular weight is 457 g/mol. The Balaban J connectivity index is 2.40. The van der Waals surface area contributed by atoms with E-state index in [0.717, 1.165) is 16.0 Å². The second kappa shape index (κ2) is 11.3. The summed E-state index contributed by atoms with van der Waals surface area (Å²) in [6, 6.07) is 7.13. The summed E-state index contributed by atoms with van der Waals surface area (Å²) in [4.78, 5) is 38.0. The lowest BCUT2D eigenvalue weighted by atomic mass is 9.84. The van der Waals surface area contributed by atoms with Crippen LogP contribution in [0, 0.1) is 11.3 Å². The number of carbonyl (C=O) groups is 3. The second-order valence-corrected chi connectivity index (χ2v) is 9.70. The van der Waals surface area contributed by atoms with Crippen LogP contribution in [0.2, 0.25) is 0 Å². The van der Waals surface area contributed by atoms with Crippen LogP contribution in [0.4, 0.5) is 0 Å². The highest BCUT2D eigenvalue weighted by Crippen LogP contribution is 2.25. The van der Waals surface area contributed by atoms with Gasteiger partial charge in [-0.3, -0.25) is 9.59 Å². The normalized spacial score (nSPS) is 16.2. The van der Waals surface area contributed by atoms with Crippen LogP contribution in [0.15, 0.2) is 35.9 Å². The zero-order valence-electron chi connectivity index (χ0n) is 20.3. The van der Waals surface area contributed by atoms with Crippen LogP contribution >= 0.6 is 0 Å². The van der Waals surface area contributed by atoms with Gasteiger partial charge in [-0.05, 0) is 42.5 Å². The number of carboxylic acids is 1. The summed E-state index contributed by atoms with van der Waals surface area (Å²) >= 11 is 0. The molecule has 1 aromatic rings. The van der Waals surface area contributed by atoms with Gasteiger partial charge in [0.05, 0.1) is 12.0 Å². The van der Waals surface area contributed by atoms with E-state index in [2.05, 4.69) is 16.7 Å². The van der Waals surface area contributed by atoms with Crippen LogP contribution in [-0.2, 0) is 19.1 Å². The molecule has 2 rings (SSSR count). The number of fused-ring (bicyclic) bond motifs is 1. The first kappa shape index (κ1) is 26.3. The number of amides is 2. The molecular weight excluding hydrogens is 420 g/mol. The zero-order valence-corrected chi connectivity index (χ0v) is 20.3. The molecule has 3 N–H and O–H groups in total. The molecular formula is C26H36N2O5.